The van der Waals surface area contributed by atoms with Gasteiger partial charge in [0.1, 0.15) is 5.82 Å². The molecule has 1 heterocycles. The first-order chi connectivity index (χ1) is 11.1. The molecule has 0 amide bonds. The summed E-state index contributed by atoms with van der Waals surface area (Å²) < 4.78 is 5.81. The molecule has 0 radical (unpaired) electrons. The molecule has 0 saturated carbocycles. The minimum atomic E-state index is -0.471. The van der Waals surface area contributed by atoms with Crippen molar-refractivity contribution in [1.82, 2.24) is 9.97 Å². The molecule has 2 aromatic carbocycles. The summed E-state index contributed by atoms with van der Waals surface area (Å²) in [5, 5.41) is 0.584. The second-order valence-electron chi connectivity index (χ2n) is 4.72. The number of carbonyl (C=O) groups excluding carboxylic acids is 1. The number of halogens is 2. The third kappa shape index (κ3) is 3.24. The molecule has 23 heavy (non-hydrogen) atoms. The third-order valence-corrected chi connectivity index (χ3v) is 4.01. The van der Waals surface area contributed by atoms with Crippen LogP contribution in [0.5, 0.6) is 0 Å². The molecule has 6 heteroatoms. The number of carbonyl (C=O) groups is 1. The Kier molecular flexibility index (Phi) is 4.37. The summed E-state index contributed by atoms with van der Waals surface area (Å²) in [6.07, 6.45) is 5.08. The van der Waals surface area contributed by atoms with Gasteiger partial charge in [0.2, 0.25) is 0 Å². The lowest BCUT2D eigenvalue weighted by atomic mass is 10.2. The molecule has 0 fully saturated rings. The Labute approximate surface area is 146 Å². The van der Waals surface area contributed by atoms with Gasteiger partial charge in [0.05, 0.1) is 21.6 Å². The van der Waals surface area contributed by atoms with Gasteiger partial charge in [0, 0.05) is 10.0 Å². The van der Waals surface area contributed by atoms with Crippen molar-refractivity contribution in [2.45, 2.75) is 0 Å². The van der Waals surface area contributed by atoms with E-state index in [9.17, 15) is 4.79 Å². The first-order valence-corrected chi connectivity index (χ1v) is 7.81. The lowest BCUT2D eigenvalue weighted by Gasteiger charge is -2.01. The summed E-state index contributed by atoms with van der Waals surface area (Å²) in [4.78, 5) is 19.5. The number of rotatable bonds is 3. The summed E-state index contributed by atoms with van der Waals surface area (Å²) in [6, 6.07) is 10.6. The fourth-order valence-corrected chi connectivity index (χ4v) is 2.70. The monoisotopic (exact) mass is 388 g/mol. The highest BCUT2D eigenvalue weighted by molar-refractivity contribution is 9.10. The Morgan fingerprint density at radius 2 is 2.17 bits per heavy atom. The van der Waals surface area contributed by atoms with E-state index in [-0.39, 0.29) is 6.61 Å². The number of aromatic amines is 1. The third-order valence-electron chi connectivity index (χ3n) is 3.19. The van der Waals surface area contributed by atoms with Gasteiger partial charge in [-0.2, -0.15) is 0 Å². The standard InChI is InChI=1S/C17H10BrClN2O2/c1-2-7-23-17(22)10-3-6-14-15(8-10)21-16(20-14)12-9-11(18)4-5-13(12)19/h1,3-6,8-9H,7H2,(H,20,21). The number of nitrogens with one attached hydrogen (secondary N) is 1. The van der Waals surface area contributed by atoms with Crippen molar-refractivity contribution < 1.29 is 9.53 Å². The molecule has 0 aliphatic rings. The minimum Gasteiger partial charge on any atom is -0.449 e. The summed E-state index contributed by atoms with van der Waals surface area (Å²) in [6.45, 7) is -0.0568. The molecule has 114 valence electrons. The number of imidazole rings is 1. The normalized spacial score (nSPS) is 10.5. The Morgan fingerprint density at radius 3 is 2.96 bits per heavy atom. The number of benzene rings is 2. The Balaban J connectivity index is 2.01. The number of terminal acetylenes is 1. The van der Waals surface area contributed by atoms with Gasteiger partial charge in [-0.05, 0) is 36.4 Å². The van der Waals surface area contributed by atoms with Crippen LogP contribution in [-0.4, -0.2) is 22.5 Å². The van der Waals surface area contributed by atoms with Gasteiger partial charge in [-0.3, -0.25) is 0 Å². The van der Waals surface area contributed by atoms with Gasteiger partial charge in [-0.1, -0.05) is 33.5 Å². The van der Waals surface area contributed by atoms with Crippen LogP contribution in [0.25, 0.3) is 22.4 Å². The average molecular weight is 390 g/mol. The number of aromatic nitrogens is 2. The van der Waals surface area contributed by atoms with Crippen molar-refractivity contribution in [2.75, 3.05) is 6.61 Å². The van der Waals surface area contributed by atoms with E-state index in [1.54, 1.807) is 24.3 Å². The van der Waals surface area contributed by atoms with Crippen molar-refractivity contribution in [2.24, 2.45) is 0 Å². The van der Waals surface area contributed by atoms with Crippen LogP contribution in [0, 0.1) is 12.3 Å². The van der Waals surface area contributed by atoms with Gasteiger partial charge in [0.15, 0.2) is 6.61 Å². The first kappa shape index (κ1) is 15.6. The van der Waals surface area contributed by atoms with E-state index in [1.165, 1.54) is 0 Å². The average Bonchev–Trinajstić information content (AvgIpc) is 2.97. The van der Waals surface area contributed by atoms with Crippen LogP contribution in [0.4, 0.5) is 0 Å². The quantitative estimate of drug-likeness (QED) is 0.532. The van der Waals surface area contributed by atoms with Crippen LogP contribution in [0.15, 0.2) is 40.9 Å². The summed E-state index contributed by atoms with van der Waals surface area (Å²) >= 11 is 9.64. The zero-order valence-corrected chi connectivity index (χ0v) is 14.1. The molecule has 3 aromatic rings. The molecule has 0 spiro atoms. The molecule has 0 bridgehead atoms. The second kappa shape index (κ2) is 6.45. The van der Waals surface area contributed by atoms with Gasteiger partial charge in [-0.25, -0.2) is 9.78 Å². The summed E-state index contributed by atoms with van der Waals surface area (Å²) in [5.74, 6) is 2.41. The van der Waals surface area contributed by atoms with Crippen LogP contribution >= 0.6 is 27.5 Å². The van der Waals surface area contributed by atoms with Gasteiger partial charge in [0.25, 0.3) is 0 Å². The van der Waals surface area contributed by atoms with E-state index in [4.69, 9.17) is 22.8 Å². The smallest absolute Gasteiger partial charge is 0.339 e. The highest BCUT2D eigenvalue weighted by Gasteiger charge is 2.12. The zero-order chi connectivity index (χ0) is 16.4. The van der Waals surface area contributed by atoms with E-state index >= 15 is 0 Å². The fourth-order valence-electron chi connectivity index (χ4n) is 2.13. The lowest BCUT2D eigenvalue weighted by Crippen LogP contribution is -2.04. The highest BCUT2D eigenvalue weighted by atomic mass is 79.9. The number of esters is 1. The van der Waals surface area contributed by atoms with Crippen molar-refractivity contribution in [1.29, 1.82) is 0 Å². The van der Waals surface area contributed by atoms with Gasteiger partial charge >= 0.3 is 5.97 Å². The predicted octanol–water partition coefficient (Wildman–Crippen LogP) is 4.44. The van der Waals surface area contributed by atoms with E-state index in [1.807, 2.05) is 12.1 Å². The number of nitrogens with zero attached hydrogens (tertiary/aromatic N) is 1. The largest absolute Gasteiger partial charge is 0.449 e. The number of ether oxygens (including phenoxy) is 1. The Bertz CT molecular complexity index is 943. The lowest BCUT2D eigenvalue weighted by molar-refractivity contribution is 0.0557. The van der Waals surface area contributed by atoms with E-state index in [2.05, 4.69) is 31.8 Å². The van der Waals surface area contributed by atoms with Crippen LogP contribution < -0.4 is 0 Å². The summed E-state index contributed by atoms with van der Waals surface area (Å²) in [5.41, 5.74) is 2.62. The van der Waals surface area contributed by atoms with Gasteiger partial charge in [-0.15, -0.1) is 6.42 Å². The predicted molar refractivity (Wildman–Crippen MR) is 93.4 cm³/mol. The number of hydrogen-bond donors (Lipinski definition) is 1. The molecule has 4 nitrogen and oxygen atoms in total. The minimum absolute atomic E-state index is 0.0568. The van der Waals surface area contributed by atoms with E-state index in [0.717, 1.165) is 15.6 Å². The molecule has 1 N–H and O–H groups in total. The van der Waals surface area contributed by atoms with Crippen LogP contribution in [-0.2, 0) is 4.74 Å². The highest BCUT2D eigenvalue weighted by Crippen LogP contribution is 2.30. The van der Waals surface area contributed by atoms with Crippen molar-refractivity contribution >= 4 is 44.5 Å². The molecule has 0 aliphatic heterocycles. The van der Waals surface area contributed by atoms with Crippen LogP contribution in [0.3, 0.4) is 0 Å². The molecule has 3 rings (SSSR count). The Hall–Kier alpha value is -2.29. The van der Waals surface area contributed by atoms with Crippen LogP contribution in [0.2, 0.25) is 5.02 Å². The van der Waals surface area contributed by atoms with Crippen LogP contribution in [0.1, 0.15) is 10.4 Å². The van der Waals surface area contributed by atoms with Crippen molar-refractivity contribution in [3.63, 3.8) is 0 Å². The maximum Gasteiger partial charge on any atom is 0.339 e. The van der Waals surface area contributed by atoms with Gasteiger partial charge < -0.3 is 9.72 Å². The molecule has 0 saturated heterocycles. The first-order valence-electron chi connectivity index (χ1n) is 6.64. The Morgan fingerprint density at radius 1 is 1.35 bits per heavy atom. The molecular weight excluding hydrogens is 380 g/mol. The number of H-pyrrole nitrogens is 1. The maximum atomic E-state index is 11.8. The number of fused-ring (bicyclic) bond motifs is 1. The van der Waals surface area contributed by atoms with Crippen molar-refractivity contribution in [3.05, 3.63) is 51.5 Å². The topological polar surface area (TPSA) is 55.0 Å². The summed E-state index contributed by atoms with van der Waals surface area (Å²) in [7, 11) is 0. The fraction of sp³-hybridized carbons (Fsp3) is 0.0588. The number of hydrogen-bond acceptors (Lipinski definition) is 3. The maximum absolute atomic E-state index is 11.8. The van der Waals surface area contributed by atoms with E-state index in [0.29, 0.717) is 21.9 Å². The molecule has 0 aliphatic carbocycles. The van der Waals surface area contributed by atoms with E-state index < -0.39 is 5.97 Å². The SMILES string of the molecule is C#CCOC(=O)c1ccc2nc(-c3cc(Br)ccc3Cl)[nH]c2c1. The van der Waals surface area contributed by atoms with Crippen molar-refractivity contribution in [3.8, 4) is 23.7 Å². The molecular formula is C17H10BrClN2O2. The molecule has 0 unspecified atom stereocenters. The zero-order valence-electron chi connectivity index (χ0n) is 11.8. The molecule has 0 atom stereocenters. The molecule has 1 aromatic heterocycles. The second-order valence-corrected chi connectivity index (χ2v) is 6.04.